The Balaban J connectivity index is 1.56. The predicted octanol–water partition coefficient (Wildman–Crippen LogP) is 1.47. The van der Waals surface area contributed by atoms with Crippen molar-refractivity contribution in [3.05, 3.63) is 47.7 Å². The van der Waals surface area contributed by atoms with Crippen LogP contribution >= 0.6 is 0 Å². The molecule has 2 aromatic rings. The van der Waals surface area contributed by atoms with Crippen LogP contribution in [0.25, 0.3) is 0 Å². The second-order valence-corrected chi connectivity index (χ2v) is 7.88. The lowest BCUT2D eigenvalue weighted by Crippen LogP contribution is -2.50. The Bertz CT molecular complexity index is 1030. The van der Waals surface area contributed by atoms with E-state index in [2.05, 4.69) is 20.3 Å². The second-order valence-electron chi connectivity index (χ2n) is 7.88. The van der Waals surface area contributed by atoms with Gasteiger partial charge >= 0.3 is 0 Å². The van der Waals surface area contributed by atoms with Crippen LogP contribution in [0.3, 0.4) is 0 Å². The van der Waals surface area contributed by atoms with Gasteiger partial charge in [-0.15, -0.1) is 0 Å². The summed E-state index contributed by atoms with van der Waals surface area (Å²) in [6.07, 6.45) is 2.65. The summed E-state index contributed by atoms with van der Waals surface area (Å²) in [4.78, 5) is 25.2. The Hall–Kier alpha value is -3.31. The molecule has 0 bridgehead atoms. The Morgan fingerprint density at radius 3 is 2.84 bits per heavy atom. The Labute approximate surface area is 183 Å². The molecule has 170 valence electrons. The average Bonchev–Trinajstić information content (AvgIpc) is 3.13. The number of methoxy groups -OCH3 is 1. The van der Waals surface area contributed by atoms with Gasteiger partial charge in [0.2, 0.25) is 5.88 Å². The number of ether oxygens (including phenoxy) is 4. The SMILES string of the molecule is COCCOc1cnc(C(=O)Nc2ccc(F)c(C34COCC3(C)COC(N)=N4)c2)cn1. The van der Waals surface area contributed by atoms with Gasteiger partial charge in [-0.05, 0) is 18.2 Å². The molecule has 0 saturated carbocycles. The van der Waals surface area contributed by atoms with Gasteiger partial charge < -0.3 is 30.0 Å². The summed E-state index contributed by atoms with van der Waals surface area (Å²) in [5.41, 5.74) is 4.88. The fraction of sp³-hybridized carbons (Fsp3) is 0.429. The molecular weight excluding hydrogens is 421 g/mol. The molecule has 1 amide bonds. The van der Waals surface area contributed by atoms with E-state index in [1.165, 1.54) is 30.6 Å². The number of rotatable bonds is 7. The first kappa shape index (κ1) is 21.9. The van der Waals surface area contributed by atoms with Gasteiger partial charge in [-0.2, -0.15) is 0 Å². The van der Waals surface area contributed by atoms with Gasteiger partial charge in [0.15, 0.2) is 0 Å². The summed E-state index contributed by atoms with van der Waals surface area (Å²) in [7, 11) is 1.56. The van der Waals surface area contributed by atoms with E-state index in [4.69, 9.17) is 24.7 Å². The van der Waals surface area contributed by atoms with E-state index in [9.17, 15) is 9.18 Å². The minimum absolute atomic E-state index is 0.0232. The van der Waals surface area contributed by atoms with Crippen LogP contribution in [0.1, 0.15) is 23.0 Å². The van der Waals surface area contributed by atoms with E-state index in [1.54, 1.807) is 7.11 Å². The number of hydrogen-bond acceptors (Lipinski definition) is 9. The first-order valence-corrected chi connectivity index (χ1v) is 9.98. The zero-order valence-electron chi connectivity index (χ0n) is 17.8. The minimum Gasteiger partial charge on any atom is -0.474 e. The number of hydrogen-bond donors (Lipinski definition) is 2. The third-order valence-electron chi connectivity index (χ3n) is 5.64. The summed E-state index contributed by atoms with van der Waals surface area (Å²) in [6, 6.07) is 4.25. The molecule has 1 saturated heterocycles. The van der Waals surface area contributed by atoms with Crippen molar-refractivity contribution in [2.75, 3.05) is 45.5 Å². The Kier molecular flexibility index (Phi) is 5.94. The highest BCUT2D eigenvalue weighted by atomic mass is 19.1. The number of benzene rings is 1. The number of aromatic nitrogens is 2. The summed E-state index contributed by atoms with van der Waals surface area (Å²) in [6.45, 7) is 3.37. The highest BCUT2D eigenvalue weighted by molar-refractivity contribution is 6.02. The highest BCUT2D eigenvalue weighted by Gasteiger charge is 2.58. The lowest BCUT2D eigenvalue weighted by atomic mass is 9.69. The van der Waals surface area contributed by atoms with Crippen molar-refractivity contribution in [3.8, 4) is 5.88 Å². The lowest BCUT2D eigenvalue weighted by molar-refractivity contribution is 0.0665. The number of aliphatic imine (C=N–C) groups is 1. The third kappa shape index (κ3) is 3.96. The molecule has 0 aliphatic carbocycles. The van der Waals surface area contributed by atoms with Crippen LogP contribution < -0.4 is 15.8 Å². The molecule has 2 unspecified atom stereocenters. The zero-order chi connectivity index (χ0) is 22.8. The maximum absolute atomic E-state index is 15.0. The Morgan fingerprint density at radius 2 is 2.09 bits per heavy atom. The highest BCUT2D eigenvalue weighted by Crippen LogP contribution is 2.51. The normalized spacial score (nSPS) is 24.3. The number of nitrogens with two attached hydrogens (primary N) is 1. The van der Waals surface area contributed by atoms with E-state index in [1.807, 2.05) is 6.92 Å². The molecule has 3 N–H and O–H groups in total. The molecule has 0 radical (unpaired) electrons. The van der Waals surface area contributed by atoms with Crippen LogP contribution in [0, 0.1) is 11.2 Å². The van der Waals surface area contributed by atoms with Crippen LogP contribution in [0.4, 0.5) is 10.1 Å². The standard InChI is InChI=1S/C21H24FN5O5/c1-20-10-30-12-21(20,27-19(23)32-11-20)14-7-13(3-4-15(14)22)26-18(28)16-8-25-17(9-24-16)31-6-5-29-2/h3-4,7-9H,5-6,10-12H2,1-2H3,(H2,23,27)(H,26,28). The molecule has 2 atom stereocenters. The smallest absolute Gasteiger partial charge is 0.282 e. The molecule has 32 heavy (non-hydrogen) atoms. The van der Waals surface area contributed by atoms with Crippen molar-refractivity contribution >= 4 is 17.6 Å². The minimum atomic E-state index is -1.05. The zero-order valence-corrected chi connectivity index (χ0v) is 17.8. The number of nitrogens with one attached hydrogen (secondary N) is 1. The molecule has 2 aliphatic heterocycles. The summed E-state index contributed by atoms with van der Waals surface area (Å²) in [5, 5.41) is 2.72. The van der Waals surface area contributed by atoms with Gasteiger partial charge in [0.1, 0.15) is 30.3 Å². The number of carbonyl (C=O) groups excluding carboxylic acids is 1. The molecule has 0 spiro atoms. The molecule has 4 rings (SSSR count). The van der Waals surface area contributed by atoms with Gasteiger partial charge in [-0.1, -0.05) is 6.92 Å². The molecule has 11 heteroatoms. The third-order valence-corrected chi connectivity index (χ3v) is 5.64. The van der Waals surface area contributed by atoms with Crippen molar-refractivity contribution < 1.29 is 28.1 Å². The van der Waals surface area contributed by atoms with Crippen LogP contribution in [0.2, 0.25) is 0 Å². The van der Waals surface area contributed by atoms with Crippen molar-refractivity contribution in [1.29, 1.82) is 0 Å². The molecule has 3 heterocycles. The average molecular weight is 445 g/mol. The van der Waals surface area contributed by atoms with Crippen LogP contribution in [-0.4, -0.2) is 62.0 Å². The second kappa shape index (κ2) is 8.67. The number of anilines is 1. The number of amidine groups is 1. The van der Waals surface area contributed by atoms with Gasteiger partial charge in [0, 0.05) is 18.4 Å². The van der Waals surface area contributed by atoms with E-state index >= 15 is 0 Å². The van der Waals surface area contributed by atoms with Gasteiger partial charge in [-0.3, -0.25) is 4.79 Å². The lowest BCUT2D eigenvalue weighted by Gasteiger charge is -2.42. The molecule has 1 aromatic heterocycles. The largest absolute Gasteiger partial charge is 0.474 e. The first-order valence-electron chi connectivity index (χ1n) is 9.98. The van der Waals surface area contributed by atoms with E-state index < -0.39 is 22.7 Å². The van der Waals surface area contributed by atoms with E-state index in [-0.39, 0.29) is 36.4 Å². The van der Waals surface area contributed by atoms with Crippen molar-refractivity contribution in [1.82, 2.24) is 9.97 Å². The number of halogens is 1. The molecule has 10 nitrogen and oxygen atoms in total. The van der Waals surface area contributed by atoms with E-state index in [0.717, 1.165) is 0 Å². The maximum Gasteiger partial charge on any atom is 0.282 e. The van der Waals surface area contributed by atoms with Crippen molar-refractivity contribution in [2.45, 2.75) is 12.5 Å². The molecule has 1 aromatic carbocycles. The van der Waals surface area contributed by atoms with Gasteiger partial charge in [0.05, 0.1) is 37.6 Å². The summed E-state index contributed by atoms with van der Waals surface area (Å²) in [5.74, 6) is -0.704. The first-order chi connectivity index (χ1) is 15.4. The van der Waals surface area contributed by atoms with Crippen molar-refractivity contribution in [2.24, 2.45) is 16.1 Å². The molecular formula is C21H24FN5O5. The number of fused-ring (bicyclic) bond motifs is 1. The summed E-state index contributed by atoms with van der Waals surface area (Å²) < 4.78 is 36.2. The molecule has 1 fully saturated rings. The van der Waals surface area contributed by atoms with Gasteiger partial charge in [0.25, 0.3) is 11.9 Å². The fourth-order valence-corrected chi connectivity index (χ4v) is 3.82. The number of amides is 1. The summed E-state index contributed by atoms with van der Waals surface area (Å²) >= 11 is 0. The fourth-order valence-electron chi connectivity index (χ4n) is 3.82. The molecule has 2 aliphatic rings. The quantitative estimate of drug-likeness (QED) is 0.613. The van der Waals surface area contributed by atoms with E-state index in [0.29, 0.717) is 25.5 Å². The van der Waals surface area contributed by atoms with Crippen LogP contribution in [-0.2, 0) is 19.7 Å². The Morgan fingerprint density at radius 1 is 1.25 bits per heavy atom. The number of nitrogens with zero attached hydrogens (tertiary/aromatic N) is 3. The predicted molar refractivity (Wildman–Crippen MR) is 112 cm³/mol. The number of carbonyl (C=O) groups is 1. The van der Waals surface area contributed by atoms with Crippen LogP contribution in [0.5, 0.6) is 5.88 Å². The monoisotopic (exact) mass is 445 g/mol. The van der Waals surface area contributed by atoms with Gasteiger partial charge in [-0.25, -0.2) is 19.4 Å². The van der Waals surface area contributed by atoms with Crippen molar-refractivity contribution in [3.63, 3.8) is 0 Å². The maximum atomic E-state index is 15.0. The van der Waals surface area contributed by atoms with Crippen LogP contribution in [0.15, 0.2) is 35.6 Å². The topological polar surface area (TPSA) is 130 Å².